The Morgan fingerprint density at radius 1 is 1.16 bits per heavy atom. The van der Waals surface area contributed by atoms with Crippen molar-refractivity contribution in [3.63, 3.8) is 0 Å². The first kappa shape index (κ1) is 23.3. The Morgan fingerprint density at radius 2 is 1.87 bits per heavy atom. The van der Waals surface area contributed by atoms with Crippen molar-refractivity contribution in [2.45, 2.75) is 63.9 Å². The van der Waals surface area contributed by atoms with Crippen LogP contribution in [0.2, 0.25) is 0 Å². The lowest BCUT2D eigenvalue weighted by atomic mass is 9.86. The molecule has 1 fully saturated rings. The summed E-state index contributed by atoms with van der Waals surface area (Å²) < 4.78 is 29.6. The highest BCUT2D eigenvalue weighted by molar-refractivity contribution is 7.89. The van der Waals surface area contributed by atoms with E-state index in [2.05, 4.69) is 36.4 Å². The van der Waals surface area contributed by atoms with Gasteiger partial charge in [-0.15, -0.1) is 0 Å². The first-order chi connectivity index (χ1) is 14.7. The normalized spacial score (nSPS) is 17.0. The van der Waals surface area contributed by atoms with Crippen LogP contribution < -0.4 is 10.6 Å². The molecular weight excluding hydrogens is 414 g/mol. The molecule has 0 radical (unpaired) electrons. The number of nitrogens with one attached hydrogen (secondary N) is 2. The lowest BCUT2D eigenvalue weighted by molar-refractivity contribution is 0.218. The monoisotopic (exact) mass is 447 g/mol. The average molecular weight is 448 g/mol. The van der Waals surface area contributed by atoms with E-state index in [4.69, 9.17) is 0 Å². The van der Waals surface area contributed by atoms with Crippen LogP contribution in [0, 0.1) is 5.41 Å². The van der Waals surface area contributed by atoms with Crippen molar-refractivity contribution < 1.29 is 13.2 Å². The van der Waals surface area contributed by atoms with Crippen LogP contribution >= 0.6 is 0 Å². The summed E-state index contributed by atoms with van der Waals surface area (Å²) in [7, 11) is -3.57. The van der Waals surface area contributed by atoms with Crippen molar-refractivity contribution in [2.75, 3.05) is 18.4 Å². The second-order valence-corrected chi connectivity index (χ2v) is 11.1. The predicted octanol–water partition coefficient (Wildman–Crippen LogP) is 3.68. The van der Waals surface area contributed by atoms with Gasteiger partial charge in [0.2, 0.25) is 10.0 Å². The summed E-state index contributed by atoms with van der Waals surface area (Å²) in [5.41, 5.74) is 0.267. The minimum Gasteiger partial charge on any atom is -0.335 e. The van der Waals surface area contributed by atoms with Gasteiger partial charge in [-0.3, -0.25) is 0 Å². The van der Waals surface area contributed by atoms with Gasteiger partial charge in [0, 0.05) is 37.7 Å². The number of sulfonamides is 1. The lowest BCUT2D eigenvalue weighted by Crippen LogP contribution is -2.47. The molecule has 1 saturated heterocycles. The molecule has 2 amide bonds. The highest BCUT2D eigenvalue weighted by Crippen LogP contribution is 2.24. The fourth-order valence-corrected chi connectivity index (χ4v) is 5.20. The maximum absolute atomic E-state index is 13.1. The molecule has 0 aliphatic carbocycles. The first-order valence-corrected chi connectivity index (χ1v) is 12.2. The molecule has 170 valence electrons. The Balaban J connectivity index is 1.70. The number of hydrogen-bond donors (Lipinski definition) is 2. The molecule has 0 bridgehead atoms. The van der Waals surface area contributed by atoms with Crippen LogP contribution in [0.3, 0.4) is 0 Å². The molecule has 1 aliphatic rings. The van der Waals surface area contributed by atoms with E-state index in [0.29, 0.717) is 25.3 Å². The van der Waals surface area contributed by atoms with Gasteiger partial charge in [-0.25, -0.2) is 18.2 Å². The molecule has 2 aromatic rings. The number of aromatic nitrogens is 2. The van der Waals surface area contributed by atoms with Crippen molar-refractivity contribution >= 4 is 21.7 Å². The molecular formula is C22H33N5O3S. The third kappa shape index (κ3) is 6.30. The molecule has 2 heterocycles. The van der Waals surface area contributed by atoms with E-state index in [1.807, 2.05) is 10.8 Å². The lowest BCUT2D eigenvalue weighted by Gasteiger charge is -2.31. The van der Waals surface area contributed by atoms with Crippen LogP contribution in [0.5, 0.6) is 0 Å². The number of hydrogen-bond acceptors (Lipinski definition) is 4. The second-order valence-electron chi connectivity index (χ2n) is 9.12. The molecule has 2 N–H and O–H groups in total. The Hall–Kier alpha value is -2.39. The minimum atomic E-state index is -3.57. The standard InChI is InChI=1S/C22H33N5O3S/c1-22(2,3)20(16-26-14-11-23-17-26)25-21(28)24-18-9-8-10-19(15-18)31(29,30)27-12-6-4-5-7-13-27/h8-11,14-15,17,20H,4-7,12-13,16H2,1-3H3,(H2,24,25,28)/t20-/m1/s1. The molecule has 1 aliphatic heterocycles. The quantitative estimate of drug-likeness (QED) is 0.706. The predicted molar refractivity (Wildman–Crippen MR) is 121 cm³/mol. The summed E-state index contributed by atoms with van der Waals surface area (Å²) in [6.45, 7) is 7.85. The highest BCUT2D eigenvalue weighted by atomic mass is 32.2. The molecule has 9 heteroatoms. The zero-order valence-corrected chi connectivity index (χ0v) is 19.4. The summed E-state index contributed by atoms with van der Waals surface area (Å²) in [6, 6.07) is 5.95. The van der Waals surface area contributed by atoms with Crippen LogP contribution in [0.4, 0.5) is 10.5 Å². The van der Waals surface area contributed by atoms with Gasteiger partial charge in [0.1, 0.15) is 0 Å². The van der Waals surface area contributed by atoms with Gasteiger partial charge in [-0.05, 0) is 36.5 Å². The van der Waals surface area contributed by atoms with Gasteiger partial charge in [0.05, 0.1) is 17.3 Å². The fourth-order valence-electron chi connectivity index (χ4n) is 3.63. The molecule has 8 nitrogen and oxygen atoms in total. The number of benzene rings is 1. The van der Waals surface area contributed by atoms with Gasteiger partial charge in [0.15, 0.2) is 0 Å². The molecule has 0 saturated carbocycles. The van der Waals surface area contributed by atoms with Crippen LogP contribution in [-0.4, -0.2) is 47.4 Å². The zero-order valence-electron chi connectivity index (χ0n) is 18.5. The Bertz CT molecular complexity index is 959. The van der Waals surface area contributed by atoms with E-state index in [0.717, 1.165) is 25.7 Å². The van der Waals surface area contributed by atoms with Crippen LogP contribution in [0.25, 0.3) is 0 Å². The Morgan fingerprint density at radius 3 is 2.48 bits per heavy atom. The molecule has 3 rings (SSSR count). The summed E-state index contributed by atoms with van der Waals surface area (Å²) in [6.07, 6.45) is 9.15. The summed E-state index contributed by atoms with van der Waals surface area (Å²) in [4.78, 5) is 17.0. The summed E-state index contributed by atoms with van der Waals surface area (Å²) >= 11 is 0. The van der Waals surface area contributed by atoms with Crippen molar-refractivity contribution in [3.05, 3.63) is 43.0 Å². The van der Waals surface area contributed by atoms with E-state index in [9.17, 15) is 13.2 Å². The van der Waals surface area contributed by atoms with E-state index >= 15 is 0 Å². The number of urea groups is 1. The van der Waals surface area contributed by atoms with E-state index < -0.39 is 10.0 Å². The SMILES string of the molecule is CC(C)(C)[C@@H](Cn1ccnc1)NC(=O)Nc1cccc(S(=O)(=O)N2CCCCCC2)c1. The van der Waals surface area contributed by atoms with Crippen LogP contribution in [0.1, 0.15) is 46.5 Å². The number of carbonyl (C=O) groups is 1. The maximum Gasteiger partial charge on any atom is 0.319 e. The molecule has 0 spiro atoms. The maximum atomic E-state index is 13.1. The molecule has 1 aromatic carbocycles. The number of amides is 2. The smallest absolute Gasteiger partial charge is 0.319 e. The molecule has 31 heavy (non-hydrogen) atoms. The minimum absolute atomic E-state index is 0.147. The Labute approximate surface area is 185 Å². The number of imidazole rings is 1. The number of anilines is 1. The fraction of sp³-hybridized carbons (Fsp3) is 0.545. The topological polar surface area (TPSA) is 96.3 Å². The van der Waals surface area contributed by atoms with Crippen molar-refractivity contribution in [1.82, 2.24) is 19.2 Å². The molecule has 1 atom stereocenters. The number of carbonyl (C=O) groups excluding carboxylic acids is 1. The summed E-state index contributed by atoms with van der Waals surface area (Å²) in [5.74, 6) is 0. The largest absolute Gasteiger partial charge is 0.335 e. The van der Waals surface area contributed by atoms with E-state index in [-0.39, 0.29) is 22.4 Å². The molecule has 0 unspecified atom stereocenters. The van der Waals surface area contributed by atoms with Gasteiger partial charge in [-0.1, -0.05) is 39.7 Å². The van der Waals surface area contributed by atoms with Crippen LogP contribution in [0.15, 0.2) is 47.9 Å². The summed E-state index contributed by atoms with van der Waals surface area (Å²) in [5, 5.41) is 5.81. The van der Waals surface area contributed by atoms with Gasteiger partial charge in [0.25, 0.3) is 0 Å². The van der Waals surface area contributed by atoms with Crippen molar-refractivity contribution in [2.24, 2.45) is 5.41 Å². The number of nitrogens with zero attached hydrogens (tertiary/aromatic N) is 3. The third-order valence-electron chi connectivity index (χ3n) is 5.60. The van der Waals surface area contributed by atoms with Gasteiger partial charge < -0.3 is 15.2 Å². The number of rotatable bonds is 6. The van der Waals surface area contributed by atoms with Gasteiger partial charge >= 0.3 is 6.03 Å². The first-order valence-electron chi connectivity index (χ1n) is 10.8. The Kier molecular flexibility index (Phi) is 7.38. The average Bonchev–Trinajstić information content (AvgIpc) is 3.05. The van der Waals surface area contributed by atoms with Crippen molar-refractivity contribution in [3.8, 4) is 0 Å². The zero-order chi connectivity index (χ0) is 22.5. The molecule has 1 aromatic heterocycles. The van der Waals surface area contributed by atoms with Gasteiger partial charge in [-0.2, -0.15) is 4.31 Å². The van der Waals surface area contributed by atoms with Crippen LogP contribution in [-0.2, 0) is 16.6 Å². The second kappa shape index (κ2) is 9.82. The highest BCUT2D eigenvalue weighted by Gasteiger charge is 2.28. The third-order valence-corrected chi connectivity index (χ3v) is 7.49. The van der Waals surface area contributed by atoms with E-state index in [1.165, 1.54) is 6.07 Å². The van der Waals surface area contributed by atoms with Crippen molar-refractivity contribution in [1.29, 1.82) is 0 Å². The van der Waals surface area contributed by atoms with E-state index in [1.54, 1.807) is 35.0 Å².